The van der Waals surface area contributed by atoms with E-state index in [2.05, 4.69) is 0 Å². The van der Waals surface area contributed by atoms with Crippen molar-refractivity contribution in [3.05, 3.63) is 34.4 Å². The smallest absolute Gasteiger partial charge is 0.326 e. The molecule has 0 aliphatic carbocycles. The number of aliphatic carboxylic acids is 1. The summed E-state index contributed by atoms with van der Waals surface area (Å²) in [5.74, 6) is -1.53. The Balaban J connectivity index is 2.03. The Morgan fingerprint density at radius 1 is 1.36 bits per heavy atom. The van der Waals surface area contributed by atoms with E-state index in [1.54, 1.807) is 6.07 Å². The average molecular weight is 308 g/mol. The number of piperidine rings is 1. The van der Waals surface area contributed by atoms with Gasteiger partial charge >= 0.3 is 11.7 Å². The number of nitro groups is 1. The zero-order valence-electron chi connectivity index (χ0n) is 11.8. The molecule has 0 saturated carbocycles. The highest BCUT2D eigenvalue weighted by Gasteiger charge is 2.32. The third-order valence-corrected chi connectivity index (χ3v) is 3.52. The molecule has 0 unspecified atom stereocenters. The first kappa shape index (κ1) is 15.7. The van der Waals surface area contributed by atoms with Gasteiger partial charge in [-0.3, -0.25) is 14.9 Å². The molecule has 1 aromatic rings. The number of nitrogens with zero attached hydrogens (tertiary/aromatic N) is 2. The lowest BCUT2D eigenvalue weighted by molar-refractivity contribution is -0.385. The highest BCUT2D eigenvalue weighted by Crippen LogP contribution is 2.26. The molecule has 1 aliphatic heterocycles. The fourth-order valence-corrected chi connectivity index (χ4v) is 2.44. The van der Waals surface area contributed by atoms with Gasteiger partial charge in [0.05, 0.1) is 4.92 Å². The number of amides is 1. The molecule has 1 aromatic carbocycles. The van der Waals surface area contributed by atoms with Gasteiger partial charge in [0.1, 0.15) is 6.04 Å². The van der Waals surface area contributed by atoms with Crippen LogP contribution in [0, 0.1) is 10.1 Å². The van der Waals surface area contributed by atoms with Gasteiger partial charge in [-0.2, -0.15) is 0 Å². The summed E-state index contributed by atoms with van der Waals surface area (Å²) in [6.45, 7) is -0.0648. The van der Waals surface area contributed by atoms with E-state index in [0.29, 0.717) is 13.0 Å². The molecule has 0 spiro atoms. The molecule has 2 rings (SSSR count). The van der Waals surface area contributed by atoms with Crippen LogP contribution in [0.3, 0.4) is 0 Å². The molecule has 8 nitrogen and oxygen atoms in total. The number of carboxylic acids is 1. The Morgan fingerprint density at radius 2 is 2.09 bits per heavy atom. The second-order valence-electron chi connectivity index (χ2n) is 4.95. The lowest BCUT2D eigenvalue weighted by Gasteiger charge is -2.32. The first-order valence-electron chi connectivity index (χ1n) is 6.89. The van der Waals surface area contributed by atoms with Crippen LogP contribution in [0.15, 0.2) is 24.3 Å². The summed E-state index contributed by atoms with van der Waals surface area (Å²) in [5, 5.41) is 20.0. The Kier molecular flexibility index (Phi) is 4.92. The molecule has 1 fully saturated rings. The Morgan fingerprint density at radius 3 is 2.77 bits per heavy atom. The van der Waals surface area contributed by atoms with Crippen LogP contribution in [0.1, 0.15) is 19.3 Å². The molecule has 1 saturated heterocycles. The van der Waals surface area contributed by atoms with Gasteiger partial charge in [0.2, 0.25) is 0 Å². The second-order valence-corrected chi connectivity index (χ2v) is 4.95. The van der Waals surface area contributed by atoms with Crippen LogP contribution >= 0.6 is 0 Å². The van der Waals surface area contributed by atoms with Crippen molar-refractivity contribution in [3.8, 4) is 5.75 Å². The van der Waals surface area contributed by atoms with Crippen LogP contribution < -0.4 is 4.74 Å². The molecule has 0 bridgehead atoms. The molecule has 1 heterocycles. The van der Waals surface area contributed by atoms with Crippen LogP contribution in [0.2, 0.25) is 0 Å². The van der Waals surface area contributed by atoms with E-state index in [9.17, 15) is 19.7 Å². The molecule has 22 heavy (non-hydrogen) atoms. The molecule has 1 N–H and O–H groups in total. The number of carbonyl (C=O) groups excluding carboxylic acids is 1. The van der Waals surface area contributed by atoms with Crippen molar-refractivity contribution >= 4 is 17.6 Å². The Labute approximate surface area is 126 Å². The first-order valence-corrected chi connectivity index (χ1v) is 6.89. The molecular formula is C14H16N2O6. The molecule has 1 atom stereocenters. The fraction of sp³-hybridized carbons (Fsp3) is 0.429. The minimum Gasteiger partial charge on any atom is -0.480 e. The topological polar surface area (TPSA) is 110 Å². The fourth-order valence-electron chi connectivity index (χ4n) is 2.44. The maximum absolute atomic E-state index is 12.1. The summed E-state index contributed by atoms with van der Waals surface area (Å²) in [7, 11) is 0. The van der Waals surface area contributed by atoms with E-state index in [1.165, 1.54) is 23.1 Å². The minimum atomic E-state index is -1.04. The third kappa shape index (κ3) is 3.51. The summed E-state index contributed by atoms with van der Waals surface area (Å²) >= 11 is 0. The van der Waals surface area contributed by atoms with E-state index >= 15 is 0 Å². The van der Waals surface area contributed by atoms with Crippen molar-refractivity contribution < 1.29 is 24.4 Å². The molecule has 118 valence electrons. The van der Waals surface area contributed by atoms with Gasteiger partial charge in [-0.1, -0.05) is 12.1 Å². The predicted octanol–water partition coefficient (Wildman–Crippen LogP) is 1.44. The number of carbonyl (C=O) groups is 2. The van der Waals surface area contributed by atoms with Crippen molar-refractivity contribution in [2.45, 2.75) is 25.3 Å². The number of likely N-dealkylation sites (tertiary alicyclic amines) is 1. The maximum atomic E-state index is 12.1. The molecular weight excluding hydrogens is 292 g/mol. The van der Waals surface area contributed by atoms with Gasteiger partial charge < -0.3 is 14.7 Å². The van der Waals surface area contributed by atoms with E-state index < -0.39 is 29.4 Å². The van der Waals surface area contributed by atoms with Gasteiger partial charge in [-0.25, -0.2) is 4.79 Å². The number of benzene rings is 1. The van der Waals surface area contributed by atoms with Crippen molar-refractivity contribution in [1.29, 1.82) is 0 Å². The van der Waals surface area contributed by atoms with E-state index in [-0.39, 0.29) is 11.4 Å². The van der Waals surface area contributed by atoms with Crippen LogP contribution in [0.4, 0.5) is 5.69 Å². The van der Waals surface area contributed by atoms with Crippen molar-refractivity contribution in [1.82, 2.24) is 4.90 Å². The minimum absolute atomic E-state index is 0.00951. The summed E-state index contributed by atoms with van der Waals surface area (Å²) < 4.78 is 5.22. The number of carboxylic acid groups (broad SMARTS) is 1. The standard InChI is InChI=1S/C14H16N2O6/c17-13(15-8-4-3-6-11(15)14(18)19)9-22-12-7-2-1-5-10(12)16(20)21/h1-2,5,7,11H,3-4,6,8-9H2,(H,18,19)/t11-/m1/s1. The molecule has 0 radical (unpaired) electrons. The maximum Gasteiger partial charge on any atom is 0.326 e. The zero-order valence-corrected chi connectivity index (χ0v) is 11.8. The average Bonchev–Trinajstić information content (AvgIpc) is 2.52. The molecule has 1 aliphatic rings. The van der Waals surface area contributed by atoms with Crippen LogP contribution in [-0.4, -0.2) is 46.0 Å². The number of rotatable bonds is 5. The molecule has 1 amide bonds. The van der Waals surface area contributed by atoms with E-state index in [0.717, 1.165) is 12.8 Å². The number of hydrogen-bond acceptors (Lipinski definition) is 5. The number of para-hydroxylation sites is 2. The quantitative estimate of drug-likeness (QED) is 0.651. The van der Waals surface area contributed by atoms with Gasteiger partial charge in [0, 0.05) is 12.6 Å². The largest absolute Gasteiger partial charge is 0.480 e. The predicted molar refractivity (Wildman–Crippen MR) is 75.6 cm³/mol. The summed E-state index contributed by atoms with van der Waals surface area (Å²) in [5.41, 5.74) is -0.233. The normalized spacial score (nSPS) is 17.8. The van der Waals surface area contributed by atoms with Crippen LogP contribution in [-0.2, 0) is 9.59 Å². The molecule has 0 aromatic heterocycles. The number of hydrogen-bond donors (Lipinski definition) is 1. The summed E-state index contributed by atoms with van der Waals surface area (Å²) in [4.78, 5) is 34.8. The van der Waals surface area contributed by atoms with Crippen LogP contribution in [0.25, 0.3) is 0 Å². The SMILES string of the molecule is O=C(O)[C@H]1CCCCN1C(=O)COc1ccccc1[N+](=O)[O-]. The third-order valence-electron chi connectivity index (χ3n) is 3.52. The van der Waals surface area contributed by atoms with Crippen molar-refractivity contribution in [2.75, 3.05) is 13.2 Å². The summed E-state index contributed by atoms with van der Waals surface area (Å²) in [6, 6.07) is 4.89. The van der Waals surface area contributed by atoms with Gasteiger partial charge in [-0.15, -0.1) is 0 Å². The first-order chi connectivity index (χ1) is 10.5. The molecule has 8 heteroatoms. The van der Waals surface area contributed by atoms with E-state index in [4.69, 9.17) is 9.84 Å². The Bertz CT molecular complexity index is 588. The highest BCUT2D eigenvalue weighted by atomic mass is 16.6. The van der Waals surface area contributed by atoms with E-state index in [1.807, 2.05) is 0 Å². The summed E-state index contributed by atoms with van der Waals surface area (Å²) in [6.07, 6.45) is 1.90. The second kappa shape index (κ2) is 6.88. The van der Waals surface area contributed by atoms with Crippen LogP contribution in [0.5, 0.6) is 5.75 Å². The monoisotopic (exact) mass is 308 g/mol. The van der Waals surface area contributed by atoms with Crippen molar-refractivity contribution in [2.24, 2.45) is 0 Å². The lowest BCUT2D eigenvalue weighted by Crippen LogP contribution is -2.49. The van der Waals surface area contributed by atoms with Gasteiger partial charge in [0.25, 0.3) is 5.91 Å². The lowest BCUT2D eigenvalue weighted by atomic mass is 10.0. The van der Waals surface area contributed by atoms with Gasteiger partial charge in [0.15, 0.2) is 12.4 Å². The number of ether oxygens (including phenoxy) is 1. The Hall–Kier alpha value is -2.64. The van der Waals surface area contributed by atoms with Gasteiger partial charge in [-0.05, 0) is 25.3 Å². The van der Waals surface area contributed by atoms with Crippen molar-refractivity contribution in [3.63, 3.8) is 0 Å². The number of nitro benzene ring substituents is 1. The highest BCUT2D eigenvalue weighted by molar-refractivity contribution is 5.84. The zero-order chi connectivity index (χ0) is 16.1.